The Balaban J connectivity index is 1.60. The lowest BCUT2D eigenvalue weighted by atomic mass is 10.1. The second kappa shape index (κ2) is 11.8. The van der Waals surface area contributed by atoms with Crippen molar-refractivity contribution in [3.8, 4) is 5.75 Å². The number of rotatable bonds is 8. The Morgan fingerprint density at radius 1 is 1.14 bits per heavy atom. The number of carboxylic acid groups (broad SMARTS) is 1. The van der Waals surface area contributed by atoms with E-state index in [9.17, 15) is 9.59 Å². The minimum Gasteiger partial charge on any atom is -0.487 e. The van der Waals surface area contributed by atoms with Gasteiger partial charge in [-0.05, 0) is 105 Å². The van der Waals surface area contributed by atoms with Crippen LogP contribution in [0.4, 0.5) is 0 Å². The normalized spacial score (nSPS) is 11.3. The molecule has 0 saturated carbocycles. The highest BCUT2D eigenvalue weighted by atomic mass is 127. The van der Waals surface area contributed by atoms with Gasteiger partial charge in [0.05, 0.1) is 29.8 Å². The van der Waals surface area contributed by atoms with E-state index >= 15 is 0 Å². The van der Waals surface area contributed by atoms with E-state index in [1.165, 1.54) is 4.68 Å². The molecule has 0 atom stereocenters. The molecular weight excluding hydrogens is 752 g/mol. The molecule has 0 aliphatic carbocycles. The Labute approximate surface area is 243 Å². The smallest absolute Gasteiger partial charge is 0.335 e. The second-order valence-corrected chi connectivity index (χ2v) is 11.1. The molecule has 0 saturated heterocycles. The number of carboxylic acids is 1. The van der Waals surface area contributed by atoms with Crippen molar-refractivity contribution in [1.29, 1.82) is 0 Å². The van der Waals surface area contributed by atoms with Gasteiger partial charge < -0.3 is 9.84 Å². The summed E-state index contributed by atoms with van der Waals surface area (Å²) in [6.45, 7) is 2.35. The van der Waals surface area contributed by atoms with Crippen LogP contribution >= 0.6 is 61.1 Å². The standard InChI is InChI=1S/C26H20BrI2N3O4/c1-2-3-23-31-22-9-8-18(27)12-19(22)25(33)32(23)30-13-16-10-20(28)24(21(29)11-16)36-14-15-4-6-17(7-5-15)26(34)35/h4-13H,2-3,14H2,1H3,(H,34,35). The lowest BCUT2D eigenvalue weighted by Crippen LogP contribution is -2.22. The molecule has 3 aromatic carbocycles. The Kier molecular flexibility index (Phi) is 8.78. The minimum atomic E-state index is -0.958. The molecule has 7 nitrogen and oxygen atoms in total. The summed E-state index contributed by atoms with van der Waals surface area (Å²) in [5.74, 6) is 0.392. The largest absolute Gasteiger partial charge is 0.487 e. The number of hydrogen-bond acceptors (Lipinski definition) is 5. The molecule has 0 aliphatic heterocycles. The van der Waals surface area contributed by atoms with Crippen LogP contribution in [0.25, 0.3) is 10.9 Å². The molecule has 0 unspecified atom stereocenters. The van der Waals surface area contributed by atoms with Crippen LogP contribution in [-0.4, -0.2) is 27.0 Å². The molecule has 1 aromatic heterocycles. The molecule has 4 aromatic rings. The molecule has 0 bridgehead atoms. The van der Waals surface area contributed by atoms with E-state index in [1.54, 1.807) is 36.5 Å². The summed E-state index contributed by atoms with van der Waals surface area (Å²) in [5, 5.41) is 14.1. The van der Waals surface area contributed by atoms with Crippen molar-refractivity contribution in [1.82, 2.24) is 9.66 Å². The predicted octanol–water partition coefficient (Wildman–Crippen LogP) is 6.48. The van der Waals surface area contributed by atoms with Crippen molar-refractivity contribution in [3.05, 3.63) is 99.1 Å². The summed E-state index contributed by atoms with van der Waals surface area (Å²) in [5.41, 5.74) is 2.38. The number of ether oxygens (including phenoxy) is 1. The Morgan fingerprint density at radius 2 is 1.83 bits per heavy atom. The first-order valence-corrected chi connectivity index (χ1v) is 13.9. The lowest BCUT2D eigenvalue weighted by molar-refractivity contribution is 0.0697. The van der Waals surface area contributed by atoms with Gasteiger partial charge in [-0.3, -0.25) is 4.79 Å². The first-order chi connectivity index (χ1) is 17.3. The highest BCUT2D eigenvalue weighted by Crippen LogP contribution is 2.29. The first kappa shape index (κ1) is 26.7. The summed E-state index contributed by atoms with van der Waals surface area (Å²) >= 11 is 7.84. The quantitative estimate of drug-likeness (QED) is 0.164. The fraction of sp³-hybridized carbons (Fsp3) is 0.154. The van der Waals surface area contributed by atoms with Crippen molar-refractivity contribution in [2.45, 2.75) is 26.4 Å². The van der Waals surface area contributed by atoms with Crippen molar-refractivity contribution in [2.24, 2.45) is 5.10 Å². The predicted molar refractivity (Wildman–Crippen MR) is 160 cm³/mol. The fourth-order valence-electron chi connectivity index (χ4n) is 3.51. The maximum atomic E-state index is 13.2. The topological polar surface area (TPSA) is 93.8 Å². The van der Waals surface area contributed by atoms with Gasteiger partial charge in [0.1, 0.15) is 18.2 Å². The molecule has 1 N–H and O–H groups in total. The van der Waals surface area contributed by atoms with Gasteiger partial charge in [0.2, 0.25) is 0 Å². The Morgan fingerprint density at radius 3 is 2.47 bits per heavy atom. The van der Waals surface area contributed by atoms with E-state index in [0.717, 1.165) is 34.9 Å². The van der Waals surface area contributed by atoms with Crippen molar-refractivity contribution < 1.29 is 14.6 Å². The number of fused-ring (bicyclic) bond motifs is 1. The van der Waals surface area contributed by atoms with Crippen LogP contribution in [0.5, 0.6) is 5.75 Å². The SMILES string of the molecule is CCCc1nc2ccc(Br)cc2c(=O)n1N=Cc1cc(I)c(OCc2ccc(C(=O)O)cc2)c(I)c1. The van der Waals surface area contributed by atoms with E-state index in [4.69, 9.17) is 9.84 Å². The zero-order valence-electron chi connectivity index (χ0n) is 19.0. The molecule has 10 heteroatoms. The summed E-state index contributed by atoms with van der Waals surface area (Å²) in [6, 6.07) is 15.9. The zero-order valence-corrected chi connectivity index (χ0v) is 24.9. The van der Waals surface area contributed by atoms with Gasteiger partial charge >= 0.3 is 5.97 Å². The highest BCUT2D eigenvalue weighted by molar-refractivity contribution is 14.1. The summed E-state index contributed by atoms with van der Waals surface area (Å²) < 4.78 is 10.00. The fourth-order valence-corrected chi connectivity index (χ4v) is 6.00. The maximum Gasteiger partial charge on any atom is 0.335 e. The van der Waals surface area contributed by atoms with E-state index in [-0.39, 0.29) is 11.1 Å². The molecule has 0 aliphatic rings. The van der Waals surface area contributed by atoms with E-state index in [2.05, 4.69) is 71.2 Å². The first-order valence-electron chi connectivity index (χ1n) is 11.0. The number of aromatic nitrogens is 2. The van der Waals surface area contributed by atoms with Crippen LogP contribution in [0.3, 0.4) is 0 Å². The molecular formula is C26H20BrI2N3O4. The minimum absolute atomic E-state index is 0.209. The van der Waals surface area contributed by atoms with Crippen LogP contribution in [0, 0.1) is 7.14 Å². The van der Waals surface area contributed by atoms with E-state index in [0.29, 0.717) is 29.8 Å². The van der Waals surface area contributed by atoms with Crippen molar-refractivity contribution in [3.63, 3.8) is 0 Å². The second-order valence-electron chi connectivity index (χ2n) is 7.91. The van der Waals surface area contributed by atoms with Gasteiger partial charge in [0, 0.05) is 10.9 Å². The molecule has 1 heterocycles. The van der Waals surface area contributed by atoms with Gasteiger partial charge in [0.25, 0.3) is 5.56 Å². The number of aromatic carboxylic acids is 1. The average Bonchev–Trinajstić information content (AvgIpc) is 2.84. The Hall–Kier alpha value is -2.32. The molecule has 0 radical (unpaired) electrons. The van der Waals surface area contributed by atoms with Gasteiger partial charge in [-0.1, -0.05) is 35.0 Å². The highest BCUT2D eigenvalue weighted by Gasteiger charge is 2.12. The molecule has 0 fully saturated rings. The number of halogens is 3. The molecule has 36 heavy (non-hydrogen) atoms. The third kappa shape index (κ3) is 6.14. The Bertz CT molecular complexity index is 1510. The third-order valence-corrected chi connectivity index (χ3v) is 7.37. The van der Waals surface area contributed by atoms with Crippen molar-refractivity contribution >= 4 is 84.2 Å². The van der Waals surface area contributed by atoms with Gasteiger partial charge in [-0.15, -0.1) is 0 Å². The van der Waals surface area contributed by atoms with Gasteiger partial charge in [0.15, 0.2) is 0 Å². The van der Waals surface area contributed by atoms with E-state index < -0.39 is 5.97 Å². The number of aryl methyl sites for hydroxylation is 1. The van der Waals surface area contributed by atoms with Gasteiger partial charge in [-0.2, -0.15) is 9.78 Å². The summed E-state index contributed by atoms with van der Waals surface area (Å²) in [4.78, 5) is 28.9. The summed E-state index contributed by atoms with van der Waals surface area (Å²) in [6.07, 6.45) is 3.13. The third-order valence-electron chi connectivity index (χ3n) is 5.28. The average molecular weight is 772 g/mol. The lowest BCUT2D eigenvalue weighted by Gasteiger charge is -2.12. The summed E-state index contributed by atoms with van der Waals surface area (Å²) in [7, 11) is 0. The van der Waals surface area contributed by atoms with Crippen LogP contribution in [0.2, 0.25) is 0 Å². The van der Waals surface area contributed by atoms with Crippen molar-refractivity contribution in [2.75, 3.05) is 0 Å². The number of carbonyl (C=O) groups is 1. The van der Waals surface area contributed by atoms with Crippen LogP contribution < -0.4 is 10.3 Å². The van der Waals surface area contributed by atoms with E-state index in [1.807, 2.05) is 31.2 Å². The van der Waals surface area contributed by atoms with Crippen LogP contribution in [-0.2, 0) is 13.0 Å². The van der Waals surface area contributed by atoms with Gasteiger partial charge in [-0.25, -0.2) is 9.78 Å². The van der Waals surface area contributed by atoms with Crippen LogP contribution in [0.1, 0.15) is 40.7 Å². The maximum absolute atomic E-state index is 13.2. The monoisotopic (exact) mass is 771 g/mol. The molecule has 0 amide bonds. The van der Waals surface area contributed by atoms with Crippen LogP contribution in [0.15, 0.2) is 69.0 Å². The number of hydrogen-bond donors (Lipinski definition) is 1. The number of benzene rings is 3. The number of nitrogens with zero attached hydrogens (tertiary/aromatic N) is 3. The molecule has 4 rings (SSSR count). The molecule has 0 spiro atoms. The zero-order chi connectivity index (χ0) is 25.8. The molecule has 184 valence electrons.